The summed E-state index contributed by atoms with van der Waals surface area (Å²) in [6, 6.07) is 12.1. The van der Waals surface area contributed by atoms with Gasteiger partial charge in [0.2, 0.25) is 15.9 Å². The summed E-state index contributed by atoms with van der Waals surface area (Å²) in [6.07, 6.45) is 5.73. The third-order valence-electron chi connectivity index (χ3n) is 7.27. The van der Waals surface area contributed by atoms with Gasteiger partial charge < -0.3 is 15.1 Å². The smallest absolute Gasteiger partial charge is 0.339 e. The topological polar surface area (TPSA) is 115 Å². The van der Waals surface area contributed by atoms with Gasteiger partial charge in [-0.2, -0.15) is 4.31 Å². The molecule has 0 unspecified atom stereocenters. The summed E-state index contributed by atoms with van der Waals surface area (Å²) in [6.45, 7) is -0.897. The molecular formula is C29H29F3N2O6S. The first kappa shape index (κ1) is 30.1. The van der Waals surface area contributed by atoms with Gasteiger partial charge in [0.1, 0.15) is 16.2 Å². The molecule has 0 spiro atoms. The summed E-state index contributed by atoms with van der Waals surface area (Å²) in [7, 11) is -3.78. The summed E-state index contributed by atoms with van der Waals surface area (Å²) in [4.78, 5) is 24.8. The Morgan fingerprint density at radius 1 is 0.927 bits per heavy atom. The number of halogens is 3. The van der Waals surface area contributed by atoms with Crippen molar-refractivity contribution in [1.82, 2.24) is 4.31 Å². The highest BCUT2D eigenvalue weighted by atomic mass is 32.2. The van der Waals surface area contributed by atoms with E-state index in [0.29, 0.717) is 27.9 Å². The van der Waals surface area contributed by atoms with Gasteiger partial charge in [0.05, 0.1) is 13.1 Å². The zero-order chi connectivity index (χ0) is 29.9. The number of carbonyl (C=O) groups is 2. The fraction of sp³-hybridized carbons (Fsp3) is 0.310. The van der Waals surface area contributed by atoms with Crippen LogP contribution in [0, 0.1) is 17.5 Å². The molecule has 0 atom stereocenters. The fourth-order valence-electron chi connectivity index (χ4n) is 4.94. The highest BCUT2D eigenvalue weighted by Gasteiger charge is 2.31. The number of aromatic carboxylic acids is 1. The molecule has 0 heterocycles. The maximum atomic E-state index is 14.3. The summed E-state index contributed by atoms with van der Waals surface area (Å²) < 4.78 is 67.8. The number of hydrogen-bond donors (Lipinski definition) is 2. The SMILES string of the molecule is CN(CC(=O)N(Cc1ccc(C2CCCCC2)cc1)c1ccc(C(=O)O)c(O)c1)S(=O)(=O)c1ccc(F)c(F)c1F. The van der Waals surface area contributed by atoms with E-state index in [2.05, 4.69) is 0 Å². The first-order chi connectivity index (χ1) is 19.4. The summed E-state index contributed by atoms with van der Waals surface area (Å²) in [5.41, 5.74) is 1.54. The molecule has 0 bridgehead atoms. The van der Waals surface area contributed by atoms with Crippen molar-refractivity contribution in [2.45, 2.75) is 49.5 Å². The molecule has 1 saturated carbocycles. The van der Waals surface area contributed by atoms with Crippen LogP contribution in [0.15, 0.2) is 59.5 Å². The van der Waals surface area contributed by atoms with Gasteiger partial charge in [0.15, 0.2) is 17.5 Å². The maximum Gasteiger partial charge on any atom is 0.339 e. The van der Waals surface area contributed by atoms with E-state index in [9.17, 15) is 41.4 Å². The van der Waals surface area contributed by atoms with Crippen LogP contribution in [0.4, 0.5) is 18.9 Å². The lowest BCUT2D eigenvalue weighted by Crippen LogP contribution is -2.41. The lowest BCUT2D eigenvalue weighted by molar-refractivity contribution is -0.118. The summed E-state index contributed by atoms with van der Waals surface area (Å²) in [5, 5.41) is 19.5. The van der Waals surface area contributed by atoms with Crippen molar-refractivity contribution in [3.63, 3.8) is 0 Å². The highest BCUT2D eigenvalue weighted by molar-refractivity contribution is 7.89. The van der Waals surface area contributed by atoms with E-state index in [-0.39, 0.29) is 12.2 Å². The second-order valence-electron chi connectivity index (χ2n) is 10.00. The molecule has 12 heteroatoms. The molecule has 0 radical (unpaired) electrons. The number of amides is 1. The number of phenols is 1. The number of carboxylic acid groups (broad SMARTS) is 1. The van der Waals surface area contributed by atoms with E-state index in [4.69, 9.17) is 0 Å². The quantitative estimate of drug-likeness (QED) is 0.322. The largest absolute Gasteiger partial charge is 0.507 e. The Bertz CT molecular complexity index is 1560. The minimum atomic E-state index is -4.76. The molecule has 3 aromatic rings. The third-order valence-corrected chi connectivity index (χ3v) is 9.09. The van der Waals surface area contributed by atoms with Gasteiger partial charge in [-0.25, -0.2) is 26.4 Å². The average Bonchev–Trinajstić information content (AvgIpc) is 2.95. The van der Waals surface area contributed by atoms with Crippen molar-refractivity contribution in [2.24, 2.45) is 0 Å². The lowest BCUT2D eigenvalue weighted by Gasteiger charge is -2.27. The van der Waals surface area contributed by atoms with Gasteiger partial charge in [0, 0.05) is 18.8 Å². The number of hydrogen-bond acceptors (Lipinski definition) is 5. The minimum Gasteiger partial charge on any atom is -0.507 e. The molecule has 1 aliphatic rings. The molecule has 0 saturated heterocycles. The van der Waals surface area contributed by atoms with E-state index >= 15 is 0 Å². The maximum absolute atomic E-state index is 14.3. The average molecular weight is 591 g/mol. The van der Waals surface area contributed by atoms with Crippen LogP contribution in [0.1, 0.15) is 59.5 Å². The number of likely N-dealkylation sites (N-methyl/N-ethyl adjacent to an activating group) is 1. The van der Waals surface area contributed by atoms with E-state index < -0.39 is 62.1 Å². The number of anilines is 1. The van der Waals surface area contributed by atoms with Gasteiger partial charge in [-0.3, -0.25) is 4.79 Å². The Morgan fingerprint density at radius 3 is 2.20 bits per heavy atom. The zero-order valence-electron chi connectivity index (χ0n) is 22.2. The molecule has 218 valence electrons. The van der Waals surface area contributed by atoms with E-state index in [1.54, 1.807) is 0 Å². The fourth-order valence-corrected chi connectivity index (χ4v) is 6.11. The van der Waals surface area contributed by atoms with Crippen molar-refractivity contribution in [1.29, 1.82) is 0 Å². The van der Waals surface area contributed by atoms with Crippen LogP contribution >= 0.6 is 0 Å². The Hall–Kier alpha value is -3.90. The van der Waals surface area contributed by atoms with E-state index in [1.165, 1.54) is 18.1 Å². The molecule has 1 aliphatic carbocycles. The number of benzene rings is 3. The van der Waals surface area contributed by atoms with Crippen molar-refractivity contribution in [3.8, 4) is 5.75 Å². The Morgan fingerprint density at radius 2 is 1.59 bits per heavy atom. The van der Waals surface area contributed by atoms with Crippen LogP contribution < -0.4 is 4.90 Å². The molecule has 8 nitrogen and oxygen atoms in total. The van der Waals surface area contributed by atoms with Crippen LogP contribution in [0.5, 0.6) is 5.75 Å². The van der Waals surface area contributed by atoms with Crippen molar-refractivity contribution in [2.75, 3.05) is 18.5 Å². The molecule has 1 amide bonds. The molecule has 2 N–H and O–H groups in total. The second-order valence-corrected chi connectivity index (χ2v) is 12.0. The molecular weight excluding hydrogens is 561 g/mol. The monoisotopic (exact) mass is 590 g/mol. The van der Waals surface area contributed by atoms with Gasteiger partial charge in [-0.05, 0) is 54.2 Å². The van der Waals surface area contributed by atoms with E-state index in [1.807, 2.05) is 24.3 Å². The van der Waals surface area contributed by atoms with Crippen LogP contribution in [0.2, 0.25) is 0 Å². The van der Waals surface area contributed by atoms with Gasteiger partial charge >= 0.3 is 5.97 Å². The molecule has 0 aliphatic heterocycles. The number of carboxylic acids is 1. The van der Waals surface area contributed by atoms with E-state index in [0.717, 1.165) is 49.8 Å². The number of nitrogens with zero attached hydrogens (tertiary/aromatic N) is 2. The van der Waals surface area contributed by atoms with Crippen LogP contribution in [-0.4, -0.2) is 48.4 Å². The predicted octanol–water partition coefficient (Wildman–Crippen LogP) is 5.41. The van der Waals surface area contributed by atoms with Crippen LogP contribution in [0.25, 0.3) is 0 Å². The predicted molar refractivity (Wildman–Crippen MR) is 145 cm³/mol. The highest BCUT2D eigenvalue weighted by Crippen LogP contribution is 2.33. The van der Waals surface area contributed by atoms with Crippen molar-refractivity contribution >= 4 is 27.6 Å². The Balaban J connectivity index is 1.62. The summed E-state index contributed by atoms with van der Waals surface area (Å²) >= 11 is 0. The van der Waals surface area contributed by atoms with Crippen LogP contribution in [0.3, 0.4) is 0 Å². The van der Waals surface area contributed by atoms with Gasteiger partial charge in [-0.1, -0.05) is 43.5 Å². The second kappa shape index (κ2) is 12.3. The van der Waals surface area contributed by atoms with Crippen molar-refractivity contribution < 1.29 is 41.4 Å². The summed E-state index contributed by atoms with van der Waals surface area (Å²) in [5.74, 6) is -7.78. The Labute approximate surface area is 235 Å². The zero-order valence-corrected chi connectivity index (χ0v) is 23.0. The van der Waals surface area contributed by atoms with Crippen molar-refractivity contribution in [3.05, 3.63) is 88.7 Å². The number of carbonyl (C=O) groups excluding carboxylic acids is 1. The molecule has 1 fully saturated rings. The molecule has 41 heavy (non-hydrogen) atoms. The third kappa shape index (κ3) is 6.54. The first-order valence-corrected chi connectivity index (χ1v) is 14.4. The minimum absolute atomic E-state index is 0.0664. The normalized spacial score (nSPS) is 14.3. The van der Waals surface area contributed by atoms with Gasteiger partial charge in [-0.15, -0.1) is 0 Å². The van der Waals surface area contributed by atoms with Crippen LogP contribution in [-0.2, 0) is 21.4 Å². The standard InChI is InChI=1S/C29H29F3N2O6S/c1-33(41(39,40)25-14-13-23(30)27(31)28(25)32)17-26(36)34(21-11-12-22(29(37)38)24(35)15-21)16-18-7-9-20(10-8-18)19-5-3-2-4-6-19/h7-15,19,35H,2-6,16-17H2,1H3,(H,37,38). The first-order valence-electron chi connectivity index (χ1n) is 13.0. The molecule has 0 aromatic heterocycles. The van der Waals surface area contributed by atoms with Gasteiger partial charge in [0.25, 0.3) is 0 Å². The Kier molecular flexibility index (Phi) is 9.03. The molecule has 3 aromatic carbocycles. The lowest BCUT2D eigenvalue weighted by atomic mass is 9.84. The number of rotatable bonds is 9. The number of aromatic hydroxyl groups is 1. The molecule has 4 rings (SSSR count). The number of sulfonamides is 1.